The van der Waals surface area contributed by atoms with Gasteiger partial charge in [-0.2, -0.15) is 0 Å². The Hall–Kier alpha value is -2.24. The summed E-state index contributed by atoms with van der Waals surface area (Å²) in [5.74, 6) is -1.13. The number of benzene rings is 1. The number of anilines is 1. The van der Waals surface area contributed by atoms with Gasteiger partial charge < -0.3 is 20.3 Å². The van der Waals surface area contributed by atoms with E-state index in [0.717, 1.165) is 25.7 Å². The molecule has 110 valence electrons. The predicted octanol–water partition coefficient (Wildman–Crippen LogP) is 3.06. The van der Waals surface area contributed by atoms with Gasteiger partial charge in [0.25, 0.3) is 0 Å². The molecule has 6 nitrogen and oxygen atoms in total. The maximum Gasteiger partial charge on any atom is 0.513 e. The van der Waals surface area contributed by atoms with E-state index in [1.807, 2.05) is 0 Å². The van der Waals surface area contributed by atoms with Gasteiger partial charge in [0, 0.05) is 0 Å². The van der Waals surface area contributed by atoms with E-state index in [-0.39, 0.29) is 23.6 Å². The smallest absolute Gasteiger partial charge is 0.478 e. The van der Waals surface area contributed by atoms with Crippen LogP contribution in [0.5, 0.6) is 5.75 Å². The quantitative estimate of drug-likeness (QED) is 0.345. The molecule has 3 N–H and O–H groups in total. The summed E-state index contributed by atoms with van der Waals surface area (Å²) in [6, 6.07) is 3.89. The number of carboxylic acid groups (broad SMARTS) is 1. The number of nitrogen functional groups attached to an aromatic ring is 1. The van der Waals surface area contributed by atoms with Crippen LogP contribution in [0.25, 0.3) is 0 Å². The molecule has 0 fully saturated rings. The number of rotatable bonds is 7. The van der Waals surface area contributed by atoms with E-state index < -0.39 is 12.1 Å². The summed E-state index contributed by atoms with van der Waals surface area (Å²) < 4.78 is 9.78. The van der Waals surface area contributed by atoms with Gasteiger partial charge in [-0.25, -0.2) is 9.59 Å². The Labute approximate surface area is 117 Å². The average Bonchev–Trinajstić information content (AvgIpc) is 2.40. The summed E-state index contributed by atoms with van der Waals surface area (Å²) in [5.41, 5.74) is 5.78. The highest BCUT2D eigenvalue weighted by molar-refractivity contribution is 5.89. The number of hydrogen-bond donors (Lipinski definition) is 2. The molecule has 1 aromatic rings. The summed E-state index contributed by atoms with van der Waals surface area (Å²) in [7, 11) is 0. The maximum atomic E-state index is 11.4. The van der Waals surface area contributed by atoms with Crippen molar-refractivity contribution in [3.8, 4) is 5.75 Å². The molecule has 20 heavy (non-hydrogen) atoms. The highest BCUT2D eigenvalue weighted by Gasteiger charge is 2.12. The van der Waals surface area contributed by atoms with Crippen LogP contribution in [0.2, 0.25) is 0 Å². The van der Waals surface area contributed by atoms with Gasteiger partial charge in [-0.05, 0) is 24.6 Å². The Morgan fingerprint density at radius 1 is 1.25 bits per heavy atom. The van der Waals surface area contributed by atoms with E-state index in [1.165, 1.54) is 18.2 Å². The van der Waals surface area contributed by atoms with Crippen LogP contribution in [-0.2, 0) is 4.74 Å². The summed E-state index contributed by atoms with van der Waals surface area (Å²) in [4.78, 5) is 22.2. The largest absolute Gasteiger partial charge is 0.513 e. The lowest BCUT2D eigenvalue weighted by molar-refractivity contribution is 0.0694. The van der Waals surface area contributed by atoms with Gasteiger partial charge in [0.1, 0.15) is 0 Å². The zero-order chi connectivity index (χ0) is 15.0. The monoisotopic (exact) mass is 281 g/mol. The van der Waals surface area contributed by atoms with Gasteiger partial charge in [-0.15, -0.1) is 0 Å². The van der Waals surface area contributed by atoms with Crippen LogP contribution >= 0.6 is 0 Å². The van der Waals surface area contributed by atoms with E-state index in [9.17, 15) is 9.59 Å². The van der Waals surface area contributed by atoms with Crippen LogP contribution in [0.3, 0.4) is 0 Å². The Morgan fingerprint density at radius 3 is 2.65 bits per heavy atom. The summed E-state index contributed by atoms with van der Waals surface area (Å²) in [6.45, 7) is 2.37. The van der Waals surface area contributed by atoms with Crippen molar-refractivity contribution in [2.24, 2.45) is 0 Å². The zero-order valence-corrected chi connectivity index (χ0v) is 11.4. The molecule has 0 saturated carbocycles. The molecule has 0 aliphatic heterocycles. The van der Waals surface area contributed by atoms with Crippen molar-refractivity contribution in [2.45, 2.75) is 32.6 Å². The second-order valence-corrected chi connectivity index (χ2v) is 4.32. The number of nitrogens with two attached hydrogens (primary N) is 1. The molecule has 6 heteroatoms. The third kappa shape index (κ3) is 5.17. The minimum atomic E-state index is -1.12. The van der Waals surface area contributed by atoms with Crippen molar-refractivity contribution >= 4 is 17.8 Å². The van der Waals surface area contributed by atoms with Crippen LogP contribution in [0, 0.1) is 0 Å². The Morgan fingerprint density at radius 2 is 2.00 bits per heavy atom. The molecule has 0 aliphatic carbocycles. The minimum absolute atomic E-state index is 0.00931. The molecule has 0 radical (unpaired) electrons. The molecular formula is C14H19NO5. The lowest BCUT2D eigenvalue weighted by atomic mass is 10.2. The second-order valence-electron chi connectivity index (χ2n) is 4.32. The molecule has 1 rings (SSSR count). The molecule has 0 spiro atoms. The third-order valence-electron chi connectivity index (χ3n) is 2.67. The Kier molecular flexibility index (Phi) is 6.36. The van der Waals surface area contributed by atoms with Gasteiger partial charge in [-0.3, -0.25) is 0 Å². The van der Waals surface area contributed by atoms with Crippen LogP contribution in [-0.4, -0.2) is 23.8 Å². The number of ether oxygens (including phenoxy) is 2. The molecular weight excluding hydrogens is 262 g/mol. The minimum Gasteiger partial charge on any atom is -0.478 e. The van der Waals surface area contributed by atoms with E-state index >= 15 is 0 Å². The van der Waals surface area contributed by atoms with E-state index in [4.69, 9.17) is 20.3 Å². The first-order valence-corrected chi connectivity index (χ1v) is 6.52. The molecule has 0 unspecified atom stereocenters. The van der Waals surface area contributed by atoms with Gasteiger partial charge in [0.05, 0.1) is 17.9 Å². The molecule has 0 aromatic heterocycles. The van der Waals surface area contributed by atoms with E-state index in [1.54, 1.807) is 0 Å². The Balaban J connectivity index is 2.49. The highest BCUT2D eigenvalue weighted by Crippen LogP contribution is 2.23. The van der Waals surface area contributed by atoms with E-state index in [2.05, 4.69) is 6.92 Å². The highest BCUT2D eigenvalue weighted by atomic mass is 16.7. The number of unbranched alkanes of at least 4 members (excludes halogenated alkanes) is 3. The zero-order valence-electron chi connectivity index (χ0n) is 11.4. The van der Waals surface area contributed by atoms with Gasteiger partial charge in [0.15, 0.2) is 5.75 Å². The van der Waals surface area contributed by atoms with Crippen molar-refractivity contribution < 1.29 is 24.2 Å². The number of carboxylic acids is 1. The first kappa shape index (κ1) is 15.8. The number of carbonyl (C=O) groups is 2. The molecule has 1 aromatic carbocycles. The fourth-order valence-electron chi connectivity index (χ4n) is 1.56. The molecule has 0 saturated heterocycles. The topological polar surface area (TPSA) is 98.8 Å². The van der Waals surface area contributed by atoms with Gasteiger partial charge >= 0.3 is 12.1 Å². The normalized spacial score (nSPS) is 10.1. The van der Waals surface area contributed by atoms with Gasteiger partial charge in [-0.1, -0.05) is 26.2 Å². The van der Waals surface area contributed by atoms with Crippen LogP contribution in [0.15, 0.2) is 18.2 Å². The van der Waals surface area contributed by atoms with Crippen LogP contribution in [0.4, 0.5) is 10.5 Å². The van der Waals surface area contributed by atoms with Crippen molar-refractivity contribution in [2.75, 3.05) is 12.3 Å². The fourth-order valence-corrected chi connectivity index (χ4v) is 1.56. The summed E-state index contributed by atoms with van der Waals surface area (Å²) in [6.07, 6.45) is 3.07. The predicted molar refractivity (Wildman–Crippen MR) is 73.9 cm³/mol. The SMILES string of the molecule is CCCCCCOC(=O)Oc1cc(C(=O)O)ccc1N. The number of aromatic carboxylic acids is 1. The third-order valence-corrected chi connectivity index (χ3v) is 2.67. The van der Waals surface area contributed by atoms with Crippen molar-refractivity contribution in [3.05, 3.63) is 23.8 Å². The van der Waals surface area contributed by atoms with Crippen molar-refractivity contribution in [1.29, 1.82) is 0 Å². The number of carbonyl (C=O) groups excluding carboxylic acids is 1. The average molecular weight is 281 g/mol. The van der Waals surface area contributed by atoms with Crippen LogP contribution in [0.1, 0.15) is 43.0 Å². The second kappa shape index (κ2) is 8.04. The lowest BCUT2D eigenvalue weighted by Gasteiger charge is -2.08. The molecule has 0 heterocycles. The molecule has 0 amide bonds. The molecule has 0 atom stereocenters. The molecule has 0 bridgehead atoms. The Bertz CT molecular complexity index is 473. The molecule has 0 aliphatic rings. The van der Waals surface area contributed by atoms with E-state index in [0.29, 0.717) is 0 Å². The standard InChI is InChI=1S/C14H19NO5/c1-2-3-4-5-8-19-14(18)20-12-9-10(13(16)17)6-7-11(12)15/h6-7,9H,2-5,8,15H2,1H3,(H,16,17). The summed E-state index contributed by atoms with van der Waals surface area (Å²) in [5, 5.41) is 8.85. The summed E-state index contributed by atoms with van der Waals surface area (Å²) >= 11 is 0. The maximum absolute atomic E-state index is 11.4. The van der Waals surface area contributed by atoms with Gasteiger partial charge in [0.2, 0.25) is 0 Å². The fraction of sp³-hybridized carbons (Fsp3) is 0.429. The number of hydrogen-bond acceptors (Lipinski definition) is 5. The first-order valence-electron chi connectivity index (χ1n) is 6.52. The van der Waals surface area contributed by atoms with Crippen molar-refractivity contribution in [1.82, 2.24) is 0 Å². The van der Waals surface area contributed by atoms with Crippen LogP contribution < -0.4 is 10.5 Å². The first-order chi connectivity index (χ1) is 9.54. The van der Waals surface area contributed by atoms with Crippen molar-refractivity contribution in [3.63, 3.8) is 0 Å². The lowest BCUT2D eigenvalue weighted by Crippen LogP contribution is -2.13.